The van der Waals surface area contributed by atoms with E-state index >= 15 is 0 Å². The van der Waals surface area contributed by atoms with Gasteiger partial charge in [-0.15, -0.1) is 0 Å². The van der Waals surface area contributed by atoms with E-state index < -0.39 is 0 Å². The number of aromatic nitrogens is 1. The minimum absolute atomic E-state index is 0.00704. The Labute approximate surface area is 146 Å². The average Bonchev–Trinajstić information content (AvgIpc) is 2.61. The molecule has 1 N–H and O–H groups in total. The number of carbonyl (C=O) groups is 1. The number of nitrogens with one attached hydrogen (secondary N) is 1. The van der Waals surface area contributed by atoms with E-state index in [0.717, 1.165) is 17.8 Å². The summed E-state index contributed by atoms with van der Waals surface area (Å²) in [5.41, 5.74) is 1.89. The number of nitrogens with zero attached hydrogens (tertiary/aromatic N) is 2. The van der Waals surface area contributed by atoms with Crippen LogP contribution in [-0.2, 0) is 16.1 Å². The Morgan fingerprint density at radius 1 is 1.33 bits per heavy atom. The Kier molecular flexibility index (Phi) is 5.80. The summed E-state index contributed by atoms with van der Waals surface area (Å²) in [4.78, 5) is 18.4. The van der Waals surface area contributed by atoms with Crippen molar-refractivity contribution >= 4 is 17.5 Å². The monoisotopic (exact) mass is 345 g/mol. The molecule has 0 saturated carbocycles. The molecule has 2 heterocycles. The van der Waals surface area contributed by atoms with Gasteiger partial charge in [-0.3, -0.25) is 14.7 Å². The van der Waals surface area contributed by atoms with Crippen molar-refractivity contribution in [2.75, 3.05) is 26.2 Å². The quantitative estimate of drug-likeness (QED) is 0.904. The zero-order valence-electron chi connectivity index (χ0n) is 13.3. The van der Waals surface area contributed by atoms with Gasteiger partial charge < -0.3 is 10.1 Å². The van der Waals surface area contributed by atoms with Gasteiger partial charge in [-0.1, -0.05) is 29.8 Å². The van der Waals surface area contributed by atoms with Gasteiger partial charge in [-0.2, -0.15) is 0 Å². The van der Waals surface area contributed by atoms with Gasteiger partial charge in [0, 0.05) is 24.3 Å². The smallest absolute Gasteiger partial charge is 0.234 e. The average molecular weight is 346 g/mol. The third kappa shape index (κ3) is 4.77. The molecule has 1 atom stereocenters. The molecule has 1 unspecified atom stereocenters. The molecule has 5 nitrogen and oxygen atoms in total. The summed E-state index contributed by atoms with van der Waals surface area (Å²) >= 11 is 6.05. The molecular formula is C18H20ClN3O2. The Morgan fingerprint density at radius 3 is 3.04 bits per heavy atom. The molecule has 0 spiro atoms. The van der Waals surface area contributed by atoms with E-state index in [-0.39, 0.29) is 12.0 Å². The molecule has 24 heavy (non-hydrogen) atoms. The molecule has 1 aromatic carbocycles. The first kappa shape index (κ1) is 16.9. The fraction of sp³-hybridized carbons (Fsp3) is 0.333. The van der Waals surface area contributed by atoms with Crippen molar-refractivity contribution < 1.29 is 9.53 Å². The molecule has 0 bridgehead atoms. The highest BCUT2D eigenvalue weighted by molar-refractivity contribution is 6.30. The molecular weight excluding hydrogens is 326 g/mol. The first-order valence-electron chi connectivity index (χ1n) is 7.97. The lowest BCUT2D eigenvalue weighted by molar-refractivity contribution is -0.124. The minimum atomic E-state index is -0.0546. The van der Waals surface area contributed by atoms with Crippen LogP contribution in [0.5, 0.6) is 0 Å². The third-order valence-electron chi connectivity index (χ3n) is 3.93. The lowest BCUT2D eigenvalue weighted by Crippen LogP contribution is -2.44. The van der Waals surface area contributed by atoms with Crippen LogP contribution in [0.2, 0.25) is 5.02 Å². The SMILES string of the molecule is O=C(CN1CCOC(c2cccc(Cl)c2)C1)NCc1ccccn1. The second kappa shape index (κ2) is 8.24. The van der Waals surface area contributed by atoms with Crippen LogP contribution < -0.4 is 5.32 Å². The first-order valence-corrected chi connectivity index (χ1v) is 8.34. The van der Waals surface area contributed by atoms with Crippen molar-refractivity contribution in [3.63, 3.8) is 0 Å². The van der Waals surface area contributed by atoms with E-state index in [9.17, 15) is 4.79 Å². The lowest BCUT2D eigenvalue weighted by Gasteiger charge is -2.32. The number of halogens is 1. The Bertz CT molecular complexity index is 681. The van der Waals surface area contributed by atoms with E-state index in [2.05, 4.69) is 15.2 Å². The Balaban J connectivity index is 1.50. The van der Waals surface area contributed by atoms with Gasteiger partial charge in [-0.25, -0.2) is 0 Å². The number of carbonyl (C=O) groups excluding carboxylic acids is 1. The topological polar surface area (TPSA) is 54.5 Å². The number of benzene rings is 1. The summed E-state index contributed by atoms with van der Waals surface area (Å²) in [5.74, 6) is -0.00704. The van der Waals surface area contributed by atoms with Crippen molar-refractivity contribution in [2.24, 2.45) is 0 Å². The summed E-state index contributed by atoms with van der Waals surface area (Å²) in [6.45, 7) is 2.82. The summed E-state index contributed by atoms with van der Waals surface area (Å²) < 4.78 is 5.82. The van der Waals surface area contributed by atoms with Gasteiger partial charge in [-0.05, 0) is 29.8 Å². The summed E-state index contributed by atoms with van der Waals surface area (Å²) in [5, 5.41) is 3.60. The molecule has 1 amide bonds. The van der Waals surface area contributed by atoms with Gasteiger partial charge in [0.25, 0.3) is 0 Å². The molecule has 1 fully saturated rings. The van der Waals surface area contributed by atoms with Crippen molar-refractivity contribution in [3.8, 4) is 0 Å². The molecule has 0 aliphatic carbocycles. The maximum atomic E-state index is 12.1. The highest BCUT2D eigenvalue weighted by Crippen LogP contribution is 2.24. The Morgan fingerprint density at radius 2 is 2.25 bits per heavy atom. The van der Waals surface area contributed by atoms with Crippen LogP contribution in [0, 0.1) is 0 Å². The van der Waals surface area contributed by atoms with Crippen molar-refractivity contribution in [3.05, 3.63) is 64.9 Å². The zero-order chi connectivity index (χ0) is 16.8. The standard InChI is InChI=1S/C18H20ClN3O2/c19-15-5-3-4-14(10-15)17-12-22(8-9-24-17)13-18(23)21-11-16-6-1-2-7-20-16/h1-7,10,17H,8-9,11-13H2,(H,21,23). The predicted octanol–water partition coefficient (Wildman–Crippen LogP) is 2.42. The summed E-state index contributed by atoms with van der Waals surface area (Å²) in [6.07, 6.45) is 1.67. The number of hydrogen-bond acceptors (Lipinski definition) is 4. The van der Waals surface area contributed by atoms with E-state index in [1.54, 1.807) is 6.20 Å². The van der Waals surface area contributed by atoms with Crippen LogP contribution >= 0.6 is 11.6 Å². The number of rotatable bonds is 5. The number of amides is 1. The molecule has 0 radical (unpaired) electrons. The van der Waals surface area contributed by atoms with Crippen molar-refractivity contribution in [2.45, 2.75) is 12.6 Å². The first-order chi connectivity index (χ1) is 11.7. The zero-order valence-corrected chi connectivity index (χ0v) is 14.1. The van der Waals surface area contributed by atoms with Crippen LogP contribution in [-0.4, -0.2) is 42.0 Å². The second-order valence-electron chi connectivity index (χ2n) is 5.75. The minimum Gasteiger partial charge on any atom is -0.371 e. The van der Waals surface area contributed by atoms with Gasteiger partial charge in [0.1, 0.15) is 0 Å². The maximum Gasteiger partial charge on any atom is 0.234 e. The van der Waals surface area contributed by atoms with Crippen LogP contribution in [0.3, 0.4) is 0 Å². The normalized spacial score (nSPS) is 18.3. The molecule has 3 rings (SSSR count). The maximum absolute atomic E-state index is 12.1. The van der Waals surface area contributed by atoms with Gasteiger partial charge in [0.2, 0.25) is 5.91 Å². The summed E-state index contributed by atoms with van der Waals surface area (Å²) in [7, 11) is 0. The highest BCUT2D eigenvalue weighted by Gasteiger charge is 2.23. The predicted molar refractivity (Wildman–Crippen MR) is 92.7 cm³/mol. The fourth-order valence-corrected chi connectivity index (χ4v) is 2.90. The van der Waals surface area contributed by atoms with Crippen molar-refractivity contribution in [1.29, 1.82) is 0 Å². The molecule has 126 valence electrons. The van der Waals surface area contributed by atoms with E-state index in [4.69, 9.17) is 16.3 Å². The van der Waals surface area contributed by atoms with Crippen LogP contribution in [0.25, 0.3) is 0 Å². The van der Waals surface area contributed by atoms with Gasteiger partial charge >= 0.3 is 0 Å². The summed E-state index contributed by atoms with van der Waals surface area (Å²) in [6, 6.07) is 13.3. The van der Waals surface area contributed by atoms with E-state index in [1.807, 2.05) is 42.5 Å². The van der Waals surface area contributed by atoms with Crippen LogP contribution in [0.15, 0.2) is 48.7 Å². The molecule has 1 aliphatic rings. The molecule has 1 aromatic heterocycles. The van der Waals surface area contributed by atoms with Crippen LogP contribution in [0.4, 0.5) is 0 Å². The number of morpholine rings is 1. The number of pyridine rings is 1. The molecule has 1 aliphatic heterocycles. The number of hydrogen-bond donors (Lipinski definition) is 1. The second-order valence-corrected chi connectivity index (χ2v) is 6.18. The van der Waals surface area contributed by atoms with E-state index in [1.165, 1.54) is 0 Å². The third-order valence-corrected chi connectivity index (χ3v) is 4.17. The highest BCUT2D eigenvalue weighted by atomic mass is 35.5. The van der Waals surface area contributed by atoms with Gasteiger partial charge in [0.05, 0.1) is 31.5 Å². The van der Waals surface area contributed by atoms with Crippen LogP contribution in [0.1, 0.15) is 17.4 Å². The molecule has 2 aromatic rings. The van der Waals surface area contributed by atoms with E-state index in [0.29, 0.717) is 31.3 Å². The molecule has 1 saturated heterocycles. The number of ether oxygens (including phenoxy) is 1. The Hall–Kier alpha value is -1.95. The lowest BCUT2D eigenvalue weighted by atomic mass is 10.1. The van der Waals surface area contributed by atoms with Crippen molar-refractivity contribution in [1.82, 2.24) is 15.2 Å². The largest absolute Gasteiger partial charge is 0.371 e. The van der Waals surface area contributed by atoms with Gasteiger partial charge in [0.15, 0.2) is 0 Å². The fourth-order valence-electron chi connectivity index (χ4n) is 2.71. The molecule has 6 heteroatoms.